The van der Waals surface area contributed by atoms with Gasteiger partial charge in [0.25, 0.3) is 0 Å². The van der Waals surface area contributed by atoms with Crippen LogP contribution >= 0.6 is 11.8 Å². The predicted molar refractivity (Wildman–Crippen MR) is 94.1 cm³/mol. The Morgan fingerprint density at radius 3 is 2.79 bits per heavy atom. The van der Waals surface area contributed by atoms with Gasteiger partial charge < -0.3 is 5.32 Å². The van der Waals surface area contributed by atoms with Gasteiger partial charge in [0.2, 0.25) is 5.91 Å². The summed E-state index contributed by atoms with van der Waals surface area (Å²) in [5.74, 6) is -0.270. The summed E-state index contributed by atoms with van der Waals surface area (Å²) in [5, 5.41) is 3.48. The second-order valence-electron chi connectivity index (χ2n) is 5.26. The molecule has 0 saturated heterocycles. The van der Waals surface area contributed by atoms with Gasteiger partial charge in [-0.05, 0) is 48.9 Å². The smallest absolute Gasteiger partial charge is 0.234 e. The van der Waals surface area contributed by atoms with Gasteiger partial charge in [0, 0.05) is 23.8 Å². The van der Waals surface area contributed by atoms with Gasteiger partial charge in [-0.3, -0.25) is 9.36 Å². The molecule has 0 saturated carbocycles. The standard InChI is InChI=1S/C18H16FN3OS/c1-13-3-2-4-16(11-13)22-10-9-20-18(22)24-12-17(23)21-15-7-5-14(19)6-8-15/h2-11H,12H2,1H3,(H,21,23). The van der Waals surface area contributed by atoms with Gasteiger partial charge in [-0.1, -0.05) is 23.9 Å². The maximum Gasteiger partial charge on any atom is 0.234 e. The van der Waals surface area contributed by atoms with Crippen LogP contribution in [0.2, 0.25) is 0 Å². The lowest BCUT2D eigenvalue weighted by Crippen LogP contribution is -2.14. The van der Waals surface area contributed by atoms with Crippen LogP contribution in [0.25, 0.3) is 5.69 Å². The Balaban J connectivity index is 1.64. The Morgan fingerprint density at radius 1 is 1.25 bits per heavy atom. The molecule has 1 amide bonds. The summed E-state index contributed by atoms with van der Waals surface area (Å²) >= 11 is 1.35. The van der Waals surface area contributed by atoms with Crippen LogP contribution in [0.5, 0.6) is 0 Å². The van der Waals surface area contributed by atoms with E-state index in [0.29, 0.717) is 5.69 Å². The molecule has 0 spiro atoms. The Bertz CT molecular complexity index is 845. The van der Waals surface area contributed by atoms with E-state index in [1.807, 2.05) is 35.9 Å². The molecule has 122 valence electrons. The van der Waals surface area contributed by atoms with E-state index in [1.54, 1.807) is 6.20 Å². The molecule has 0 atom stereocenters. The highest BCUT2D eigenvalue weighted by Gasteiger charge is 2.09. The molecule has 3 aromatic rings. The first-order valence-corrected chi connectivity index (χ1v) is 8.39. The van der Waals surface area contributed by atoms with Crippen LogP contribution in [0.3, 0.4) is 0 Å². The summed E-state index contributed by atoms with van der Waals surface area (Å²) in [6, 6.07) is 13.8. The number of halogens is 1. The fourth-order valence-corrected chi connectivity index (χ4v) is 3.00. The number of nitrogens with zero attached hydrogens (tertiary/aromatic N) is 2. The maximum atomic E-state index is 12.9. The van der Waals surface area contributed by atoms with E-state index in [9.17, 15) is 9.18 Å². The van der Waals surface area contributed by atoms with Crippen molar-refractivity contribution in [2.75, 3.05) is 11.1 Å². The van der Waals surface area contributed by atoms with Crippen LogP contribution in [0.15, 0.2) is 66.1 Å². The minimum Gasteiger partial charge on any atom is -0.325 e. The normalized spacial score (nSPS) is 10.6. The molecule has 0 unspecified atom stereocenters. The summed E-state index contributed by atoms with van der Waals surface area (Å²) in [4.78, 5) is 16.3. The number of carbonyl (C=O) groups is 1. The van der Waals surface area contributed by atoms with Gasteiger partial charge >= 0.3 is 0 Å². The third-order valence-electron chi connectivity index (χ3n) is 3.35. The van der Waals surface area contributed by atoms with Gasteiger partial charge in [-0.25, -0.2) is 9.37 Å². The molecule has 6 heteroatoms. The molecule has 3 rings (SSSR count). The van der Waals surface area contributed by atoms with Gasteiger partial charge in [0.1, 0.15) is 5.82 Å². The van der Waals surface area contributed by atoms with Gasteiger partial charge in [0.05, 0.1) is 5.75 Å². The highest BCUT2D eigenvalue weighted by molar-refractivity contribution is 7.99. The molecule has 1 N–H and O–H groups in total. The third-order valence-corrected chi connectivity index (χ3v) is 4.31. The first kappa shape index (κ1) is 16.3. The van der Waals surface area contributed by atoms with Crippen molar-refractivity contribution in [2.24, 2.45) is 0 Å². The van der Waals surface area contributed by atoms with Crippen LogP contribution in [0.1, 0.15) is 5.56 Å². The number of benzene rings is 2. The molecule has 0 radical (unpaired) electrons. The Kier molecular flexibility index (Phi) is 4.96. The zero-order valence-corrected chi connectivity index (χ0v) is 13.9. The second-order valence-corrected chi connectivity index (χ2v) is 6.21. The first-order valence-electron chi connectivity index (χ1n) is 7.40. The minimum atomic E-state index is -0.331. The summed E-state index contributed by atoms with van der Waals surface area (Å²) in [5.41, 5.74) is 2.74. The Hall–Kier alpha value is -2.60. The lowest BCUT2D eigenvalue weighted by molar-refractivity contribution is -0.113. The average molecular weight is 341 g/mol. The van der Waals surface area contributed by atoms with Crippen molar-refractivity contribution in [3.8, 4) is 5.69 Å². The zero-order chi connectivity index (χ0) is 16.9. The number of nitrogens with one attached hydrogen (secondary N) is 1. The monoisotopic (exact) mass is 341 g/mol. The van der Waals surface area contributed by atoms with E-state index >= 15 is 0 Å². The highest BCUT2D eigenvalue weighted by Crippen LogP contribution is 2.21. The number of imidazole rings is 1. The molecule has 4 nitrogen and oxygen atoms in total. The van der Waals surface area contributed by atoms with E-state index < -0.39 is 0 Å². The van der Waals surface area contributed by atoms with E-state index in [4.69, 9.17) is 0 Å². The molecular formula is C18H16FN3OS. The lowest BCUT2D eigenvalue weighted by atomic mass is 10.2. The van der Waals surface area contributed by atoms with Gasteiger partial charge in [0.15, 0.2) is 5.16 Å². The molecule has 1 aromatic heterocycles. The van der Waals surface area contributed by atoms with E-state index in [1.165, 1.54) is 36.0 Å². The second kappa shape index (κ2) is 7.31. The van der Waals surface area contributed by atoms with Crippen molar-refractivity contribution in [2.45, 2.75) is 12.1 Å². The van der Waals surface area contributed by atoms with Crippen molar-refractivity contribution >= 4 is 23.4 Å². The lowest BCUT2D eigenvalue weighted by Gasteiger charge is -2.08. The highest BCUT2D eigenvalue weighted by atomic mass is 32.2. The van der Waals surface area contributed by atoms with Crippen LogP contribution in [0.4, 0.5) is 10.1 Å². The third kappa shape index (κ3) is 4.02. The number of anilines is 1. The van der Waals surface area contributed by atoms with Crippen molar-refractivity contribution in [3.05, 3.63) is 72.3 Å². The number of amides is 1. The SMILES string of the molecule is Cc1cccc(-n2ccnc2SCC(=O)Nc2ccc(F)cc2)c1. The molecule has 2 aromatic carbocycles. The molecule has 24 heavy (non-hydrogen) atoms. The van der Waals surface area contributed by atoms with Crippen molar-refractivity contribution < 1.29 is 9.18 Å². The van der Waals surface area contributed by atoms with Gasteiger partial charge in [-0.15, -0.1) is 0 Å². The number of hydrogen-bond donors (Lipinski definition) is 1. The van der Waals surface area contributed by atoms with Gasteiger partial charge in [-0.2, -0.15) is 0 Å². The number of rotatable bonds is 5. The quantitative estimate of drug-likeness (QED) is 0.712. The van der Waals surface area contributed by atoms with Crippen LogP contribution in [-0.4, -0.2) is 21.2 Å². The van der Waals surface area contributed by atoms with Crippen molar-refractivity contribution in [1.29, 1.82) is 0 Å². The summed E-state index contributed by atoms with van der Waals surface area (Å²) < 4.78 is 14.8. The fourth-order valence-electron chi connectivity index (χ4n) is 2.23. The number of aryl methyl sites for hydroxylation is 1. The Morgan fingerprint density at radius 2 is 2.04 bits per heavy atom. The van der Waals surface area contributed by atoms with Crippen LogP contribution < -0.4 is 5.32 Å². The molecular weight excluding hydrogens is 325 g/mol. The number of carbonyl (C=O) groups excluding carboxylic acids is 1. The first-order chi connectivity index (χ1) is 11.6. The van der Waals surface area contributed by atoms with Crippen molar-refractivity contribution in [3.63, 3.8) is 0 Å². The number of aromatic nitrogens is 2. The summed E-state index contributed by atoms with van der Waals surface area (Å²) in [7, 11) is 0. The Labute approximate surface area is 143 Å². The average Bonchev–Trinajstić information content (AvgIpc) is 3.04. The molecule has 0 aliphatic carbocycles. The maximum absolute atomic E-state index is 12.9. The largest absolute Gasteiger partial charge is 0.325 e. The predicted octanol–water partition coefficient (Wildman–Crippen LogP) is 4.05. The molecule has 0 bridgehead atoms. The molecule has 0 fully saturated rings. The minimum absolute atomic E-state index is 0.162. The number of thioether (sulfide) groups is 1. The zero-order valence-electron chi connectivity index (χ0n) is 13.1. The van der Waals surface area contributed by atoms with E-state index in [0.717, 1.165) is 16.4 Å². The van der Waals surface area contributed by atoms with E-state index in [2.05, 4.69) is 16.4 Å². The molecule has 0 aliphatic heterocycles. The fraction of sp³-hybridized carbons (Fsp3) is 0.111. The number of hydrogen-bond acceptors (Lipinski definition) is 3. The topological polar surface area (TPSA) is 46.9 Å². The molecule has 0 aliphatic rings. The summed E-state index contributed by atoms with van der Waals surface area (Å²) in [6.45, 7) is 2.03. The van der Waals surface area contributed by atoms with Crippen LogP contribution in [0, 0.1) is 12.7 Å². The van der Waals surface area contributed by atoms with Crippen molar-refractivity contribution in [1.82, 2.24) is 9.55 Å². The summed E-state index contributed by atoms with van der Waals surface area (Å²) in [6.07, 6.45) is 3.58. The van der Waals surface area contributed by atoms with Crippen LogP contribution in [-0.2, 0) is 4.79 Å². The molecule has 1 heterocycles. The van der Waals surface area contributed by atoms with E-state index in [-0.39, 0.29) is 17.5 Å².